The Hall–Kier alpha value is -4.79. The number of nitrogens with one attached hydrogen (secondary N) is 1. The number of nitrogens with zero attached hydrogens (tertiary/aromatic N) is 4. The molecule has 3 heterocycles. The second-order valence-corrected chi connectivity index (χ2v) is 9.89. The fourth-order valence-corrected chi connectivity index (χ4v) is 5.31. The number of amides is 2. The van der Waals surface area contributed by atoms with Crippen molar-refractivity contribution < 1.29 is 18.0 Å². The molecule has 1 atom stereocenters. The van der Waals surface area contributed by atoms with Crippen LogP contribution in [0.1, 0.15) is 39.7 Å². The van der Waals surface area contributed by atoms with E-state index in [-0.39, 0.29) is 12.2 Å². The molecule has 5 aromatic rings. The van der Waals surface area contributed by atoms with Gasteiger partial charge in [-0.15, -0.1) is 0 Å². The van der Waals surface area contributed by atoms with E-state index in [1.807, 2.05) is 96.0 Å². The molecule has 6 rings (SSSR count). The van der Waals surface area contributed by atoms with Crippen LogP contribution in [0.15, 0.2) is 97.2 Å². The molecule has 202 valence electrons. The monoisotopic (exact) mass is 541 g/mol. The number of para-hydroxylation sites is 1. The van der Waals surface area contributed by atoms with Crippen LogP contribution in [0, 0.1) is 13.8 Å². The van der Waals surface area contributed by atoms with E-state index in [0.717, 1.165) is 51.7 Å². The summed E-state index contributed by atoms with van der Waals surface area (Å²) >= 11 is 0. The first-order chi connectivity index (χ1) is 19.2. The molecule has 0 fully saturated rings. The summed E-state index contributed by atoms with van der Waals surface area (Å²) in [6, 6.07) is 25.2. The summed E-state index contributed by atoms with van der Waals surface area (Å²) in [4.78, 5) is 15.6. The van der Waals surface area contributed by atoms with Gasteiger partial charge < -0.3 is 14.8 Å². The molecule has 0 aliphatic carbocycles. The highest BCUT2D eigenvalue weighted by molar-refractivity contribution is 5.90. The number of hydrogen-bond acceptors (Lipinski definition) is 2. The highest BCUT2D eigenvalue weighted by Crippen LogP contribution is 2.39. The fraction of sp³-hybridized carbons (Fsp3) is 0.161. The predicted molar refractivity (Wildman–Crippen MR) is 147 cm³/mol. The number of carbonyl (C=O) groups excluding carboxylic acids is 1. The lowest BCUT2D eigenvalue weighted by molar-refractivity contribution is -0.137. The van der Waals surface area contributed by atoms with Gasteiger partial charge in [-0.2, -0.15) is 18.3 Å². The third-order valence-corrected chi connectivity index (χ3v) is 7.15. The molecule has 40 heavy (non-hydrogen) atoms. The van der Waals surface area contributed by atoms with Crippen molar-refractivity contribution >= 4 is 11.7 Å². The highest BCUT2D eigenvalue weighted by atomic mass is 19.4. The zero-order chi connectivity index (χ0) is 28.0. The number of fused-ring (bicyclic) bond motifs is 3. The van der Waals surface area contributed by atoms with E-state index in [1.54, 1.807) is 4.90 Å². The Morgan fingerprint density at radius 1 is 0.925 bits per heavy atom. The van der Waals surface area contributed by atoms with E-state index in [0.29, 0.717) is 0 Å². The van der Waals surface area contributed by atoms with Gasteiger partial charge in [0, 0.05) is 17.4 Å². The Kier molecular flexibility index (Phi) is 6.21. The lowest BCUT2D eigenvalue weighted by Gasteiger charge is -2.31. The molecule has 1 aliphatic heterocycles. The summed E-state index contributed by atoms with van der Waals surface area (Å²) in [6.45, 7) is 4.08. The second kappa shape index (κ2) is 9.75. The zero-order valence-electron chi connectivity index (χ0n) is 21.9. The molecule has 0 spiro atoms. The fourth-order valence-electron chi connectivity index (χ4n) is 5.31. The molecule has 3 aromatic carbocycles. The number of rotatable bonds is 3. The van der Waals surface area contributed by atoms with Crippen molar-refractivity contribution in [3.8, 4) is 11.5 Å². The summed E-state index contributed by atoms with van der Waals surface area (Å²) in [5.74, 6) is 0.815. The van der Waals surface area contributed by atoms with E-state index in [2.05, 4.69) is 5.32 Å². The number of benzene rings is 3. The number of halogens is 3. The largest absolute Gasteiger partial charge is 0.416 e. The van der Waals surface area contributed by atoms with Gasteiger partial charge in [-0.25, -0.2) is 9.48 Å². The van der Waals surface area contributed by atoms with Crippen molar-refractivity contribution in [3.63, 3.8) is 0 Å². The Balaban J connectivity index is 1.51. The minimum absolute atomic E-state index is 0.0689. The van der Waals surface area contributed by atoms with E-state index >= 15 is 0 Å². The predicted octanol–water partition coefficient (Wildman–Crippen LogP) is 7.44. The second-order valence-electron chi connectivity index (χ2n) is 9.89. The van der Waals surface area contributed by atoms with Gasteiger partial charge in [0.2, 0.25) is 0 Å². The van der Waals surface area contributed by atoms with Crippen LogP contribution in [0.4, 0.5) is 23.7 Å². The Bertz CT molecular complexity index is 1700. The SMILES string of the molecule is Cc1cccc([C@@H]2c3cccn3-c3c(c(C)nn3-c3ccccc3)CN2C(=O)Nc2cccc(C(F)(F)F)c2)c1. The minimum atomic E-state index is -4.52. The van der Waals surface area contributed by atoms with Crippen LogP contribution in [-0.4, -0.2) is 25.3 Å². The summed E-state index contributed by atoms with van der Waals surface area (Å²) in [7, 11) is 0. The molecule has 2 amide bonds. The summed E-state index contributed by atoms with van der Waals surface area (Å²) in [5, 5.41) is 7.55. The van der Waals surface area contributed by atoms with Crippen LogP contribution < -0.4 is 5.32 Å². The van der Waals surface area contributed by atoms with Crippen molar-refractivity contribution in [1.29, 1.82) is 0 Å². The average Bonchev–Trinajstić information content (AvgIpc) is 3.49. The topological polar surface area (TPSA) is 55.1 Å². The lowest BCUT2D eigenvalue weighted by atomic mass is 10.00. The molecule has 0 radical (unpaired) electrons. The Morgan fingerprint density at radius 2 is 1.70 bits per heavy atom. The smallest absolute Gasteiger partial charge is 0.308 e. The van der Waals surface area contributed by atoms with E-state index in [9.17, 15) is 18.0 Å². The Morgan fingerprint density at radius 3 is 2.45 bits per heavy atom. The van der Waals surface area contributed by atoms with Crippen LogP contribution in [-0.2, 0) is 12.7 Å². The highest BCUT2D eigenvalue weighted by Gasteiger charge is 2.36. The van der Waals surface area contributed by atoms with E-state index in [4.69, 9.17) is 5.10 Å². The Labute approximate surface area is 229 Å². The number of carbonyl (C=O) groups is 1. The van der Waals surface area contributed by atoms with Crippen molar-refractivity contribution in [2.24, 2.45) is 0 Å². The molecule has 1 N–H and O–H groups in total. The van der Waals surface area contributed by atoms with E-state index in [1.165, 1.54) is 12.1 Å². The van der Waals surface area contributed by atoms with Gasteiger partial charge >= 0.3 is 12.2 Å². The summed E-state index contributed by atoms with van der Waals surface area (Å²) in [6.07, 6.45) is -2.57. The maximum atomic E-state index is 14.0. The van der Waals surface area contributed by atoms with Crippen LogP contribution >= 0.6 is 0 Å². The number of aromatic nitrogens is 3. The molecule has 0 unspecified atom stereocenters. The van der Waals surface area contributed by atoms with E-state index < -0.39 is 23.8 Å². The van der Waals surface area contributed by atoms with Gasteiger partial charge in [0.1, 0.15) is 5.82 Å². The molecule has 0 saturated heterocycles. The van der Waals surface area contributed by atoms with Crippen LogP contribution in [0.2, 0.25) is 0 Å². The lowest BCUT2D eigenvalue weighted by Crippen LogP contribution is -2.38. The zero-order valence-corrected chi connectivity index (χ0v) is 21.9. The minimum Gasteiger partial charge on any atom is -0.308 e. The van der Waals surface area contributed by atoms with Gasteiger partial charge in [-0.1, -0.05) is 54.1 Å². The number of aryl methyl sites for hydroxylation is 2. The van der Waals surface area contributed by atoms with Gasteiger partial charge in [0.25, 0.3) is 0 Å². The number of alkyl halides is 3. The first-order valence-electron chi connectivity index (χ1n) is 12.8. The van der Waals surface area contributed by atoms with Crippen LogP contribution in [0.3, 0.4) is 0 Å². The van der Waals surface area contributed by atoms with Gasteiger partial charge in [0.05, 0.1) is 35.2 Å². The third kappa shape index (κ3) is 4.53. The quantitative estimate of drug-likeness (QED) is 0.258. The van der Waals surface area contributed by atoms with Crippen LogP contribution in [0.5, 0.6) is 0 Å². The number of hydrogen-bond donors (Lipinski definition) is 1. The molecule has 1 aliphatic rings. The van der Waals surface area contributed by atoms with Crippen LogP contribution in [0.25, 0.3) is 11.5 Å². The molecule has 6 nitrogen and oxygen atoms in total. The van der Waals surface area contributed by atoms with Crippen molar-refractivity contribution in [3.05, 3.63) is 131 Å². The van der Waals surface area contributed by atoms with Crippen molar-refractivity contribution in [2.45, 2.75) is 32.6 Å². The third-order valence-electron chi connectivity index (χ3n) is 7.15. The first-order valence-corrected chi connectivity index (χ1v) is 12.8. The molecular formula is C31H26F3N5O. The molecule has 0 saturated carbocycles. The molecule has 9 heteroatoms. The maximum Gasteiger partial charge on any atom is 0.416 e. The summed E-state index contributed by atoms with van der Waals surface area (Å²) < 4.78 is 44.1. The van der Waals surface area contributed by atoms with Gasteiger partial charge in [0.15, 0.2) is 0 Å². The first kappa shape index (κ1) is 25.5. The number of urea groups is 1. The molecule has 0 bridgehead atoms. The number of anilines is 1. The molecule has 2 aromatic heterocycles. The summed E-state index contributed by atoms with van der Waals surface area (Å²) in [5.41, 5.74) is 4.47. The maximum absolute atomic E-state index is 14.0. The molecular weight excluding hydrogens is 515 g/mol. The average molecular weight is 542 g/mol. The van der Waals surface area contributed by atoms with Crippen molar-refractivity contribution in [1.82, 2.24) is 19.2 Å². The standard InChI is InChI=1S/C31H26F3N5O/c1-20-9-6-10-22(17-20)28-27-15-8-16-37(27)29-26(21(2)36-39(29)25-13-4-3-5-14-25)19-38(28)30(40)35-24-12-7-11-23(18-24)31(32,33)34/h3-18,28H,19H2,1-2H3,(H,35,40)/t28-/m1/s1. The van der Waals surface area contributed by atoms with Crippen molar-refractivity contribution in [2.75, 3.05) is 5.32 Å². The van der Waals surface area contributed by atoms with Gasteiger partial charge in [-0.3, -0.25) is 0 Å². The van der Waals surface area contributed by atoms with Gasteiger partial charge in [-0.05, 0) is 61.9 Å². The normalized spacial score (nSPS) is 14.8.